The molecule has 0 unspecified atom stereocenters. The van der Waals surface area contributed by atoms with Crippen LogP contribution in [0.4, 0.5) is 0 Å². The Hall–Kier alpha value is -1.82. The second-order valence-corrected chi connectivity index (χ2v) is 4.88. The van der Waals surface area contributed by atoms with Crippen LogP contribution in [0.25, 0.3) is 0 Å². The van der Waals surface area contributed by atoms with Gasteiger partial charge in [-0.1, -0.05) is 27.2 Å². The van der Waals surface area contributed by atoms with Gasteiger partial charge in [-0.2, -0.15) is 0 Å². The van der Waals surface area contributed by atoms with Gasteiger partial charge in [0, 0.05) is 16.1 Å². The van der Waals surface area contributed by atoms with Crippen molar-refractivity contribution in [2.24, 2.45) is 0 Å². The predicted octanol–water partition coefficient (Wildman–Crippen LogP) is 2.94. The number of ether oxygens (including phenoxy) is 1. The van der Waals surface area contributed by atoms with E-state index in [1.165, 1.54) is 12.3 Å². The van der Waals surface area contributed by atoms with Crippen LogP contribution < -0.4 is 10.1 Å². The number of nitrogens with zero attached hydrogens (tertiary/aromatic N) is 1. The van der Waals surface area contributed by atoms with E-state index in [1.54, 1.807) is 7.11 Å². The highest BCUT2D eigenvalue weighted by Gasteiger charge is 2.16. The van der Waals surface area contributed by atoms with Gasteiger partial charge in [-0.3, -0.25) is 4.79 Å². The minimum absolute atomic E-state index is 0.202. The maximum absolute atomic E-state index is 11.9. The molecule has 0 saturated heterocycles. The Bertz CT molecular complexity index is 569. The molecule has 0 aliphatic rings. The van der Waals surface area contributed by atoms with Gasteiger partial charge in [-0.25, -0.2) is 0 Å². The first-order valence-electron chi connectivity index (χ1n) is 5.66. The van der Waals surface area contributed by atoms with Crippen LogP contribution in [0, 0.1) is 0 Å². The number of methoxy groups -OCH3 is 1. The molecule has 0 fully saturated rings. The molecule has 6 heteroatoms. The number of carbonyl (C=O) groups is 1. The van der Waals surface area contributed by atoms with E-state index in [9.17, 15) is 4.79 Å². The van der Waals surface area contributed by atoms with Gasteiger partial charge >= 0.3 is 0 Å². The molecule has 0 aliphatic carbocycles. The van der Waals surface area contributed by atoms with Crippen molar-refractivity contribution in [3.05, 3.63) is 46.3 Å². The fraction of sp³-hybridized carbons (Fsp3) is 0.231. The molecule has 2 rings (SSSR count). The lowest BCUT2D eigenvalue weighted by atomic mass is 10.1. The molecule has 5 nitrogen and oxygen atoms in total. The lowest BCUT2D eigenvalue weighted by molar-refractivity contribution is 0.0930. The summed E-state index contributed by atoms with van der Waals surface area (Å²) in [6.45, 7) is 1.88. The molecule has 1 amide bonds. The van der Waals surface area contributed by atoms with E-state index >= 15 is 0 Å². The highest BCUT2D eigenvalue weighted by atomic mass is 79.9. The zero-order chi connectivity index (χ0) is 13.8. The Morgan fingerprint density at radius 3 is 2.89 bits per heavy atom. The van der Waals surface area contributed by atoms with Crippen molar-refractivity contribution >= 4 is 21.8 Å². The summed E-state index contributed by atoms with van der Waals surface area (Å²) >= 11 is 3.38. The van der Waals surface area contributed by atoms with E-state index in [0.717, 1.165) is 10.0 Å². The number of nitrogens with one attached hydrogen (secondary N) is 1. The molecule has 0 spiro atoms. The van der Waals surface area contributed by atoms with E-state index in [0.29, 0.717) is 5.75 Å². The fourth-order valence-corrected chi connectivity index (χ4v) is 2.06. The summed E-state index contributed by atoms with van der Waals surface area (Å²) in [6, 6.07) is 6.97. The van der Waals surface area contributed by atoms with E-state index < -0.39 is 0 Å². The Kier molecular flexibility index (Phi) is 4.21. The zero-order valence-electron chi connectivity index (χ0n) is 10.5. The number of aromatic nitrogens is 1. The molecule has 0 aliphatic heterocycles. The fourth-order valence-electron chi connectivity index (χ4n) is 1.72. The molecule has 1 aromatic carbocycles. The Labute approximate surface area is 119 Å². The van der Waals surface area contributed by atoms with Crippen LogP contribution in [0.15, 0.2) is 39.5 Å². The van der Waals surface area contributed by atoms with Crippen LogP contribution in [0.3, 0.4) is 0 Å². The summed E-state index contributed by atoms with van der Waals surface area (Å²) < 4.78 is 10.9. The van der Waals surface area contributed by atoms with Gasteiger partial charge in [0.1, 0.15) is 12.0 Å². The molecule has 0 saturated carbocycles. The minimum Gasteiger partial charge on any atom is -0.496 e. The van der Waals surface area contributed by atoms with E-state index in [-0.39, 0.29) is 17.6 Å². The maximum atomic E-state index is 11.9. The highest BCUT2D eigenvalue weighted by molar-refractivity contribution is 9.10. The molecule has 0 radical (unpaired) electrons. The van der Waals surface area contributed by atoms with Crippen molar-refractivity contribution in [1.82, 2.24) is 10.5 Å². The van der Waals surface area contributed by atoms with E-state index in [4.69, 9.17) is 4.74 Å². The van der Waals surface area contributed by atoms with Crippen LogP contribution >= 0.6 is 15.9 Å². The molecule has 2 aromatic rings. The number of halogens is 1. The quantitative estimate of drug-likeness (QED) is 0.939. The summed E-state index contributed by atoms with van der Waals surface area (Å²) in [5.74, 6) is 0.425. The largest absolute Gasteiger partial charge is 0.496 e. The minimum atomic E-state index is -0.286. The lowest BCUT2D eigenvalue weighted by Gasteiger charge is -2.16. The average Bonchev–Trinajstić information content (AvgIpc) is 2.92. The maximum Gasteiger partial charge on any atom is 0.273 e. The van der Waals surface area contributed by atoms with Crippen LogP contribution in [0.2, 0.25) is 0 Å². The lowest BCUT2D eigenvalue weighted by Crippen LogP contribution is -2.27. The number of hydrogen-bond acceptors (Lipinski definition) is 4. The average molecular weight is 325 g/mol. The van der Waals surface area contributed by atoms with Gasteiger partial charge in [0.05, 0.1) is 13.2 Å². The molecule has 1 heterocycles. The topological polar surface area (TPSA) is 64.4 Å². The van der Waals surface area contributed by atoms with Crippen molar-refractivity contribution in [3.8, 4) is 5.75 Å². The Morgan fingerprint density at radius 2 is 2.26 bits per heavy atom. The molecular weight excluding hydrogens is 312 g/mol. The third-order valence-electron chi connectivity index (χ3n) is 2.68. The van der Waals surface area contributed by atoms with Gasteiger partial charge in [-0.05, 0) is 19.1 Å². The summed E-state index contributed by atoms with van der Waals surface area (Å²) in [5.41, 5.74) is 1.14. The van der Waals surface area contributed by atoms with Crippen molar-refractivity contribution in [1.29, 1.82) is 0 Å². The van der Waals surface area contributed by atoms with Crippen LogP contribution in [-0.4, -0.2) is 18.2 Å². The normalized spacial score (nSPS) is 11.9. The summed E-state index contributed by atoms with van der Waals surface area (Å²) in [5, 5.41) is 6.43. The highest BCUT2D eigenvalue weighted by Crippen LogP contribution is 2.28. The van der Waals surface area contributed by atoms with E-state index in [2.05, 4.69) is 30.9 Å². The van der Waals surface area contributed by atoms with Gasteiger partial charge in [0.15, 0.2) is 5.69 Å². The molecule has 19 heavy (non-hydrogen) atoms. The molecule has 0 bridgehead atoms. The monoisotopic (exact) mass is 324 g/mol. The first-order chi connectivity index (χ1) is 9.11. The number of amides is 1. The zero-order valence-corrected chi connectivity index (χ0v) is 12.1. The summed E-state index contributed by atoms with van der Waals surface area (Å²) in [4.78, 5) is 11.9. The van der Waals surface area contributed by atoms with Crippen molar-refractivity contribution < 1.29 is 14.1 Å². The number of rotatable bonds is 4. The summed E-state index contributed by atoms with van der Waals surface area (Å²) in [7, 11) is 1.59. The molecule has 1 atom stereocenters. The van der Waals surface area contributed by atoms with E-state index in [1.807, 2.05) is 25.1 Å². The Morgan fingerprint density at radius 1 is 1.47 bits per heavy atom. The van der Waals surface area contributed by atoms with Gasteiger partial charge < -0.3 is 14.6 Å². The Balaban J connectivity index is 2.16. The second-order valence-electron chi connectivity index (χ2n) is 3.97. The van der Waals surface area contributed by atoms with Crippen molar-refractivity contribution in [2.45, 2.75) is 13.0 Å². The summed E-state index contributed by atoms with van der Waals surface area (Å²) in [6.07, 6.45) is 1.36. The van der Waals surface area contributed by atoms with Gasteiger partial charge in [0.25, 0.3) is 5.91 Å². The second kappa shape index (κ2) is 5.88. The van der Waals surface area contributed by atoms with Crippen LogP contribution in [0.5, 0.6) is 5.75 Å². The first kappa shape index (κ1) is 13.6. The SMILES string of the molecule is COc1cc(Br)ccc1[C@H](C)NC(=O)c1ccon1. The first-order valence-corrected chi connectivity index (χ1v) is 6.46. The van der Waals surface area contributed by atoms with Crippen LogP contribution in [0.1, 0.15) is 29.0 Å². The standard InChI is InChI=1S/C13H13BrN2O3/c1-8(15-13(17)11-5-6-19-16-11)10-4-3-9(14)7-12(10)18-2/h3-8H,1-2H3,(H,15,17)/t8-/m0/s1. The van der Waals surface area contributed by atoms with Crippen molar-refractivity contribution in [3.63, 3.8) is 0 Å². The smallest absolute Gasteiger partial charge is 0.273 e. The number of carbonyl (C=O) groups excluding carboxylic acids is 1. The molecule has 100 valence electrons. The molecular formula is C13H13BrN2O3. The molecule has 1 N–H and O–H groups in total. The predicted molar refractivity (Wildman–Crippen MR) is 73.1 cm³/mol. The van der Waals surface area contributed by atoms with Gasteiger partial charge in [0.2, 0.25) is 0 Å². The third-order valence-corrected chi connectivity index (χ3v) is 3.17. The molecule has 1 aromatic heterocycles. The van der Waals surface area contributed by atoms with Crippen LogP contribution in [-0.2, 0) is 0 Å². The van der Waals surface area contributed by atoms with Gasteiger partial charge in [-0.15, -0.1) is 0 Å². The van der Waals surface area contributed by atoms with Crippen molar-refractivity contribution in [2.75, 3.05) is 7.11 Å². The number of hydrogen-bond donors (Lipinski definition) is 1. The third kappa shape index (κ3) is 3.14. The number of benzene rings is 1.